The molecule has 1 heterocycles. The summed E-state index contributed by atoms with van der Waals surface area (Å²) in [6, 6.07) is 7.65. The van der Waals surface area contributed by atoms with Crippen LogP contribution < -0.4 is 9.64 Å². The number of rotatable bonds is 5. The maximum Gasteiger partial charge on any atom is 0.349 e. The summed E-state index contributed by atoms with van der Waals surface area (Å²) in [6.45, 7) is 0.583. The average Bonchev–Trinajstić information content (AvgIpc) is 2.81. The molecule has 2 aromatic rings. The van der Waals surface area contributed by atoms with E-state index in [-0.39, 0.29) is 10.0 Å². The quantitative estimate of drug-likeness (QED) is 0.919. The van der Waals surface area contributed by atoms with Gasteiger partial charge >= 0.3 is 5.97 Å². The van der Waals surface area contributed by atoms with Crippen LogP contribution in [0, 0.1) is 0 Å². The van der Waals surface area contributed by atoms with Crippen molar-refractivity contribution in [1.82, 2.24) is 4.98 Å². The van der Waals surface area contributed by atoms with E-state index in [4.69, 9.17) is 21.4 Å². The molecule has 0 aliphatic carbocycles. The zero-order valence-corrected chi connectivity index (χ0v) is 12.5. The minimum atomic E-state index is -1.06. The minimum absolute atomic E-state index is 0.0231. The number of ether oxygens (including phenoxy) is 1. The molecule has 106 valence electrons. The van der Waals surface area contributed by atoms with E-state index >= 15 is 0 Å². The molecule has 2 rings (SSSR count). The number of anilines is 1. The van der Waals surface area contributed by atoms with Gasteiger partial charge in [0.15, 0.2) is 15.2 Å². The van der Waals surface area contributed by atoms with Crippen LogP contribution in [-0.2, 0) is 6.54 Å². The number of carbonyl (C=O) groups is 1. The molecule has 5 nitrogen and oxygen atoms in total. The Bertz CT molecular complexity index is 630. The fraction of sp³-hybridized carbons (Fsp3) is 0.231. The second-order valence-electron chi connectivity index (χ2n) is 4.13. The lowest BCUT2D eigenvalue weighted by atomic mass is 10.2. The first-order valence-corrected chi connectivity index (χ1v) is 6.94. The number of methoxy groups -OCH3 is 1. The summed E-state index contributed by atoms with van der Waals surface area (Å²) in [4.78, 5) is 16.9. The fourth-order valence-corrected chi connectivity index (χ4v) is 2.78. The molecule has 0 spiro atoms. The van der Waals surface area contributed by atoms with Gasteiger partial charge in [-0.3, -0.25) is 0 Å². The summed E-state index contributed by atoms with van der Waals surface area (Å²) in [5.41, 5.74) is 1.04. The van der Waals surface area contributed by atoms with Crippen LogP contribution in [0.15, 0.2) is 24.3 Å². The van der Waals surface area contributed by atoms with E-state index in [1.54, 1.807) is 7.11 Å². The Balaban J connectivity index is 2.17. The molecule has 1 N–H and O–H groups in total. The maximum atomic E-state index is 11.0. The molecule has 7 heteroatoms. The summed E-state index contributed by atoms with van der Waals surface area (Å²) in [7, 11) is 3.45. The third-order valence-corrected chi connectivity index (χ3v) is 4.19. The van der Waals surface area contributed by atoms with Gasteiger partial charge in [0, 0.05) is 13.6 Å². The predicted octanol–water partition coefficient (Wildman–Crippen LogP) is 3.14. The van der Waals surface area contributed by atoms with Crippen molar-refractivity contribution in [2.75, 3.05) is 19.1 Å². The Hall–Kier alpha value is -1.79. The largest absolute Gasteiger partial charge is 0.497 e. The van der Waals surface area contributed by atoms with Crippen LogP contribution in [0.5, 0.6) is 5.75 Å². The highest BCUT2D eigenvalue weighted by Crippen LogP contribution is 2.30. The number of nitrogens with zero attached hydrogens (tertiary/aromatic N) is 2. The van der Waals surface area contributed by atoms with Gasteiger partial charge in [-0.2, -0.15) is 0 Å². The SMILES string of the molecule is COc1cccc(CN(C)c2nc(Cl)c(C(=O)O)s2)c1. The molecular weight excluding hydrogens is 300 g/mol. The van der Waals surface area contributed by atoms with Crippen LogP contribution in [-0.4, -0.2) is 30.2 Å². The fourth-order valence-electron chi connectivity index (χ4n) is 1.70. The number of carboxylic acid groups (broad SMARTS) is 1. The summed E-state index contributed by atoms with van der Waals surface area (Å²) in [6.07, 6.45) is 0. The van der Waals surface area contributed by atoms with Gasteiger partial charge < -0.3 is 14.7 Å². The van der Waals surface area contributed by atoms with Gasteiger partial charge in [0.25, 0.3) is 0 Å². The first-order chi connectivity index (χ1) is 9.51. The number of thiazole rings is 1. The van der Waals surface area contributed by atoms with Crippen molar-refractivity contribution in [2.24, 2.45) is 0 Å². The van der Waals surface area contributed by atoms with E-state index in [1.165, 1.54) is 0 Å². The summed E-state index contributed by atoms with van der Waals surface area (Å²) in [5, 5.41) is 9.56. The van der Waals surface area contributed by atoms with Crippen LogP contribution in [0.1, 0.15) is 15.2 Å². The van der Waals surface area contributed by atoms with Crippen LogP contribution in [0.2, 0.25) is 5.15 Å². The van der Waals surface area contributed by atoms with E-state index in [2.05, 4.69) is 4.98 Å². The lowest BCUT2D eigenvalue weighted by Gasteiger charge is -2.16. The molecule has 0 bridgehead atoms. The van der Waals surface area contributed by atoms with Crippen molar-refractivity contribution < 1.29 is 14.6 Å². The predicted molar refractivity (Wildman–Crippen MR) is 79.2 cm³/mol. The first-order valence-electron chi connectivity index (χ1n) is 5.75. The smallest absolute Gasteiger partial charge is 0.349 e. The number of aromatic nitrogens is 1. The molecular formula is C13H13ClN2O3S. The first kappa shape index (κ1) is 14.6. The second kappa shape index (κ2) is 6.11. The van der Waals surface area contributed by atoms with Gasteiger partial charge in [-0.25, -0.2) is 9.78 Å². The normalized spacial score (nSPS) is 10.3. The van der Waals surface area contributed by atoms with Crippen molar-refractivity contribution in [1.29, 1.82) is 0 Å². The van der Waals surface area contributed by atoms with Gasteiger partial charge in [0.05, 0.1) is 7.11 Å². The van der Waals surface area contributed by atoms with E-state index in [0.717, 1.165) is 22.6 Å². The van der Waals surface area contributed by atoms with Crippen LogP contribution >= 0.6 is 22.9 Å². The number of halogens is 1. The average molecular weight is 313 g/mol. The Kier molecular flexibility index (Phi) is 4.46. The van der Waals surface area contributed by atoms with Crippen molar-refractivity contribution in [3.05, 3.63) is 39.9 Å². The van der Waals surface area contributed by atoms with Crippen molar-refractivity contribution >= 4 is 34.0 Å². The van der Waals surface area contributed by atoms with Gasteiger partial charge in [-0.05, 0) is 17.7 Å². The summed E-state index contributed by atoms with van der Waals surface area (Å²) in [5.74, 6) is -0.284. The molecule has 0 saturated carbocycles. The highest BCUT2D eigenvalue weighted by atomic mass is 35.5. The second-order valence-corrected chi connectivity index (χ2v) is 5.46. The Morgan fingerprint density at radius 2 is 2.30 bits per heavy atom. The van der Waals surface area contributed by atoms with Gasteiger partial charge in [-0.1, -0.05) is 35.1 Å². The monoisotopic (exact) mass is 312 g/mol. The van der Waals surface area contributed by atoms with Crippen LogP contribution in [0.4, 0.5) is 5.13 Å². The summed E-state index contributed by atoms with van der Waals surface area (Å²) < 4.78 is 5.17. The number of carboxylic acids is 1. The van der Waals surface area contributed by atoms with Crippen LogP contribution in [0.25, 0.3) is 0 Å². The third kappa shape index (κ3) is 3.20. The molecule has 0 unspecified atom stereocenters. The number of hydrogen-bond acceptors (Lipinski definition) is 5. The lowest BCUT2D eigenvalue weighted by molar-refractivity contribution is 0.0702. The van der Waals surface area contributed by atoms with Crippen molar-refractivity contribution in [3.8, 4) is 5.75 Å². The number of hydrogen-bond donors (Lipinski definition) is 1. The zero-order chi connectivity index (χ0) is 14.7. The van der Waals surface area contributed by atoms with Gasteiger partial charge in [0.1, 0.15) is 5.75 Å². The third-order valence-electron chi connectivity index (χ3n) is 2.65. The molecule has 0 aliphatic rings. The standard InChI is InChI=1S/C13H13ClN2O3S/c1-16(7-8-4-3-5-9(6-8)19-2)13-15-11(14)10(20-13)12(17)18/h3-6H,7H2,1-2H3,(H,17,18). The van der Waals surface area contributed by atoms with E-state index in [0.29, 0.717) is 11.7 Å². The lowest BCUT2D eigenvalue weighted by Crippen LogP contribution is -2.15. The molecule has 0 fully saturated rings. The molecule has 0 aliphatic heterocycles. The number of aromatic carboxylic acids is 1. The minimum Gasteiger partial charge on any atom is -0.497 e. The van der Waals surface area contributed by atoms with E-state index in [9.17, 15) is 4.79 Å². The van der Waals surface area contributed by atoms with Crippen molar-refractivity contribution in [2.45, 2.75) is 6.54 Å². The van der Waals surface area contributed by atoms with E-state index < -0.39 is 5.97 Å². The Morgan fingerprint density at radius 1 is 1.55 bits per heavy atom. The Morgan fingerprint density at radius 3 is 2.90 bits per heavy atom. The molecule has 0 radical (unpaired) electrons. The number of benzene rings is 1. The summed E-state index contributed by atoms with van der Waals surface area (Å²) >= 11 is 6.86. The molecule has 0 atom stereocenters. The van der Waals surface area contributed by atoms with Crippen molar-refractivity contribution in [3.63, 3.8) is 0 Å². The molecule has 20 heavy (non-hydrogen) atoms. The Labute approximate surface area is 125 Å². The maximum absolute atomic E-state index is 11.0. The zero-order valence-electron chi connectivity index (χ0n) is 11.0. The van der Waals surface area contributed by atoms with Gasteiger partial charge in [-0.15, -0.1) is 0 Å². The van der Waals surface area contributed by atoms with E-state index in [1.807, 2.05) is 36.2 Å². The molecule has 1 aromatic carbocycles. The molecule has 0 saturated heterocycles. The molecule has 1 aromatic heterocycles. The topological polar surface area (TPSA) is 62.7 Å². The molecule has 0 amide bonds. The highest BCUT2D eigenvalue weighted by Gasteiger charge is 2.18. The highest BCUT2D eigenvalue weighted by molar-refractivity contribution is 7.18. The van der Waals surface area contributed by atoms with Crippen LogP contribution in [0.3, 0.4) is 0 Å². The van der Waals surface area contributed by atoms with Gasteiger partial charge in [0.2, 0.25) is 0 Å².